The predicted molar refractivity (Wildman–Crippen MR) is 109 cm³/mol. The van der Waals surface area contributed by atoms with E-state index < -0.39 is 0 Å². The summed E-state index contributed by atoms with van der Waals surface area (Å²) >= 11 is 0. The van der Waals surface area contributed by atoms with E-state index in [1.807, 2.05) is 55.5 Å². The standard InChI is InChI=1S/C22H21N5/c1-2-7-16(15-23)8-5-6-13-27-20-10-4-3-9-18(20)19-14-17(22(24)26-25)11-12-21(19)27/h2-4,7-12,14,24-25H,5-6,13H2,1H3/b7-2-,16-8+,24-22?,26-25?. The third kappa shape index (κ3) is 3.70. The number of fused-ring (bicyclic) bond motifs is 3. The number of aryl methyl sites for hydroxylation is 1. The number of allylic oxidation sites excluding steroid dienone is 4. The molecule has 2 aromatic carbocycles. The van der Waals surface area contributed by atoms with Gasteiger partial charge in [0.05, 0.1) is 6.07 Å². The van der Waals surface area contributed by atoms with Crippen LogP contribution in [0, 0.1) is 22.3 Å². The van der Waals surface area contributed by atoms with Crippen LogP contribution in [0.1, 0.15) is 25.3 Å². The van der Waals surface area contributed by atoms with Gasteiger partial charge in [-0.15, -0.1) is 5.11 Å². The molecule has 0 aliphatic rings. The van der Waals surface area contributed by atoms with Gasteiger partial charge < -0.3 is 4.57 Å². The lowest BCUT2D eigenvalue weighted by molar-refractivity contribution is 0.687. The molecule has 0 bridgehead atoms. The third-order valence-corrected chi connectivity index (χ3v) is 4.58. The monoisotopic (exact) mass is 355 g/mol. The van der Waals surface area contributed by atoms with Crippen molar-refractivity contribution in [3.8, 4) is 6.07 Å². The van der Waals surface area contributed by atoms with E-state index in [0.29, 0.717) is 11.1 Å². The minimum absolute atomic E-state index is 0.0353. The van der Waals surface area contributed by atoms with Gasteiger partial charge >= 0.3 is 0 Å². The summed E-state index contributed by atoms with van der Waals surface area (Å²) < 4.78 is 2.28. The zero-order valence-corrected chi connectivity index (χ0v) is 15.2. The molecule has 0 radical (unpaired) electrons. The number of amidine groups is 1. The van der Waals surface area contributed by atoms with Gasteiger partial charge in [0.2, 0.25) is 0 Å². The van der Waals surface area contributed by atoms with Gasteiger partial charge in [-0.25, -0.2) is 5.53 Å². The molecule has 0 aliphatic heterocycles. The van der Waals surface area contributed by atoms with Crippen molar-refractivity contribution in [3.05, 3.63) is 71.8 Å². The van der Waals surface area contributed by atoms with Crippen molar-refractivity contribution in [2.45, 2.75) is 26.3 Å². The molecule has 134 valence electrons. The molecule has 5 heteroatoms. The van der Waals surface area contributed by atoms with Crippen LogP contribution in [0.15, 0.2) is 71.4 Å². The van der Waals surface area contributed by atoms with Crippen molar-refractivity contribution in [2.24, 2.45) is 5.11 Å². The Morgan fingerprint density at radius 1 is 1.19 bits per heavy atom. The molecule has 0 atom stereocenters. The van der Waals surface area contributed by atoms with Gasteiger partial charge in [-0.3, -0.25) is 5.41 Å². The van der Waals surface area contributed by atoms with E-state index >= 15 is 0 Å². The second-order valence-corrected chi connectivity index (χ2v) is 6.27. The molecular formula is C22H21N5. The number of hydrogen-bond acceptors (Lipinski definition) is 3. The zero-order valence-electron chi connectivity index (χ0n) is 15.2. The van der Waals surface area contributed by atoms with E-state index in [9.17, 15) is 0 Å². The van der Waals surface area contributed by atoms with E-state index in [1.165, 1.54) is 0 Å². The topological polar surface area (TPSA) is 88.8 Å². The molecule has 0 amide bonds. The average molecular weight is 355 g/mol. The number of hydrogen-bond donors (Lipinski definition) is 2. The van der Waals surface area contributed by atoms with Crippen LogP contribution in [0.25, 0.3) is 21.8 Å². The Hall–Kier alpha value is -3.52. The first-order chi connectivity index (χ1) is 13.2. The summed E-state index contributed by atoms with van der Waals surface area (Å²) in [6, 6.07) is 16.2. The summed E-state index contributed by atoms with van der Waals surface area (Å²) in [5.41, 5.74) is 10.7. The fraction of sp³-hybridized carbons (Fsp3) is 0.182. The van der Waals surface area contributed by atoms with E-state index in [1.54, 1.807) is 0 Å². The number of rotatable bonds is 6. The van der Waals surface area contributed by atoms with Gasteiger partial charge in [-0.1, -0.05) is 30.4 Å². The summed E-state index contributed by atoms with van der Waals surface area (Å²) in [5, 5.41) is 22.3. The van der Waals surface area contributed by atoms with Crippen LogP contribution < -0.4 is 0 Å². The van der Waals surface area contributed by atoms with Gasteiger partial charge in [-0.2, -0.15) is 5.26 Å². The SMILES string of the molecule is C/C=C\C(C#N)=C/CCCn1c2ccccc2c2cc(C(=N)N=N)ccc21. The first kappa shape index (κ1) is 18.3. The second-order valence-electron chi connectivity index (χ2n) is 6.27. The lowest BCUT2D eigenvalue weighted by Gasteiger charge is -2.07. The summed E-state index contributed by atoms with van der Waals surface area (Å²) in [4.78, 5) is 0. The number of nitriles is 1. The van der Waals surface area contributed by atoms with Gasteiger partial charge in [-0.05, 0) is 50.1 Å². The number of aromatic nitrogens is 1. The van der Waals surface area contributed by atoms with E-state index in [4.69, 9.17) is 16.2 Å². The first-order valence-electron chi connectivity index (χ1n) is 8.90. The van der Waals surface area contributed by atoms with Crippen molar-refractivity contribution in [3.63, 3.8) is 0 Å². The van der Waals surface area contributed by atoms with E-state index in [2.05, 4.69) is 27.9 Å². The number of para-hydroxylation sites is 1. The fourth-order valence-corrected chi connectivity index (χ4v) is 3.34. The smallest absolute Gasteiger partial charge is 0.173 e. The van der Waals surface area contributed by atoms with Crippen molar-refractivity contribution >= 4 is 27.6 Å². The molecule has 0 fully saturated rings. The van der Waals surface area contributed by atoms with Gasteiger partial charge in [0.25, 0.3) is 0 Å². The Balaban J connectivity index is 1.96. The Morgan fingerprint density at radius 2 is 1.96 bits per heavy atom. The van der Waals surface area contributed by atoms with E-state index in [0.717, 1.165) is 41.2 Å². The van der Waals surface area contributed by atoms with E-state index in [-0.39, 0.29) is 5.84 Å². The fourth-order valence-electron chi connectivity index (χ4n) is 3.34. The Morgan fingerprint density at radius 3 is 2.70 bits per heavy atom. The van der Waals surface area contributed by atoms with Crippen LogP contribution in [0.2, 0.25) is 0 Å². The highest BCUT2D eigenvalue weighted by Gasteiger charge is 2.11. The molecule has 27 heavy (non-hydrogen) atoms. The van der Waals surface area contributed by atoms with Crippen molar-refractivity contribution in [2.75, 3.05) is 0 Å². The highest BCUT2D eigenvalue weighted by atomic mass is 15.0. The van der Waals surface area contributed by atoms with Gasteiger partial charge in [0.1, 0.15) is 0 Å². The molecule has 1 heterocycles. The van der Waals surface area contributed by atoms with Crippen molar-refractivity contribution in [1.82, 2.24) is 4.57 Å². The number of unbranched alkanes of at least 4 members (excludes halogenated alkanes) is 1. The van der Waals surface area contributed by atoms with Crippen molar-refractivity contribution < 1.29 is 0 Å². The number of nitrogens with zero attached hydrogens (tertiary/aromatic N) is 3. The molecule has 0 aliphatic carbocycles. The summed E-state index contributed by atoms with van der Waals surface area (Å²) in [7, 11) is 0. The molecule has 0 unspecified atom stereocenters. The Labute approximate surface area is 158 Å². The van der Waals surface area contributed by atoms with Gasteiger partial charge in [0.15, 0.2) is 5.84 Å². The lowest BCUT2D eigenvalue weighted by atomic mass is 10.1. The molecular weight excluding hydrogens is 334 g/mol. The number of benzene rings is 2. The minimum atomic E-state index is -0.0353. The molecule has 3 aromatic rings. The van der Waals surface area contributed by atoms with Crippen LogP contribution in [0.5, 0.6) is 0 Å². The number of nitrogens with one attached hydrogen (secondary N) is 2. The maximum Gasteiger partial charge on any atom is 0.173 e. The molecule has 1 aromatic heterocycles. The molecule has 0 spiro atoms. The predicted octanol–water partition coefficient (Wildman–Crippen LogP) is 5.96. The highest BCUT2D eigenvalue weighted by Crippen LogP contribution is 2.30. The molecule has 3 rings (SSSR count). The van der Waals surface area contributed by atoms with Crippen LogP contribution in [-0.2, 0) is 6.54 Å². The molecule has 5 nitrogen and oxygen atoms in total. The van der Waals surface area contributed by atoms with Crippen molar-refractivity contribution in [1.29, 1.82) is 16.2 Å². The van der Waals surface area contributed by atoms with Crippen LogP contribution in [0.3, 0.4) is 0 Å². The summed E-state index contributed by atoms with van der Waals surface area (Å²) in [5.74, 6) is -0.0353. The first-order valence-corrected chi connectivity index (χ1v) is 8.90. The normalized spacial score (nSPS) is 11.9. The maximum absolute atomic E-state index is 9.10. The van der Waals surface area contributed by atoms with Crippen LogP contribution >= 0.6 is 0 Å². The Bertz CT molecular complexity index is 1110. The molecule has 2 N–H and O–H groups in total. The zero-order chi connectivity index (χ0) is 19.2. The summed E-state index contributed by atoms with van der Waals surface area (Å²) in [6.07, 6.45) is 7.44. The lowest BCUT2D eigenvalue weighted by Crippen LogP contribution is -1.98. The quantitative estimate of drug-likeness (QED) is 0.140. The minimum Gasteiger partial charge on any atom is -0.340 e. The Kier molecular flexibility index (Phi) is 5.58. The largest absolute Gasteiger partial charge is 0.340 e. The average Bonchev–Trinajstić information content (AvgIpc) is 3.03. The third-order valence-electron chi connectivity index (χ3n) is 4.58. The summed E-state index contributed by atoms with van der Waals surface area (Å²) in [6.45, 7) is 2.75. The highest BCUT2D eigenvalue weighted by molar-refractivity contribution is 6.11. The molecule has 0 saturated carbocycles. The second kappa shape index (κ2) is 8.24. The van der Waals surface area contributed by atoms with Crippen LogP contribution in [-0.4, -0.2) is 10.4 Å². The maximum atomic E-state index is 9.10. The van der Waals surface area contributed by atoms with Gasteiger partial charge in [0, 0.05) is 39.5 Å². The van der Waals surface area contributed by atoms with Crippen LogP contribution in [0.4, 0.5) is 0 Å². The molecule has 0 saturated heterocycles.